The monoisotopic (exact) mass is 391 g/mol. The van der Waals surface area contributed by atoms with Crippen LogP contribution in [0.2, 0.25) is 0 Å². The maximum atomic E-state index is 12.8. The molecule has 1 aromatic rings. The molecular formula is C15H23N2O6S2-. The summed E-state index contributed by atoms with van der Waals surface area (Å²) in [6, 6.07) is 2.94. The van der Waals surface area contributed by atoms with Crippen molar-refractivity contribution < 1.29 is 26.7 Å². The molecule has 0 fully saturated rings. The first-order valence-corrected chi connectivity index (χ1v) is 10.8. The van der Waals surface area contributed by atoms with Gasteiger partial charge in [0.15, 0.2) is 0 Å². The van der Waals surface area contributed by atoms with Crippen molar-refractivity contribution in [3.63, 3.8) is 0 Å². The van der Waals surface area contributed by atoms with Crippen LogP contribution in [-0.2, 0) is 24.8 Å². The fraction of sp³-hybridized carbons (Fsp3) is 0.533. The van der Waals surface area contributed by atoms with Gasteiger partial charge in [0.2, 0.25) is 20.0 Å². The van der Waals surface area contributed by atoms with E-state index >= 15 is 0 Å². The number of carbonyl (C=O) groups excluding carboxylic acids is 1. The van der Waals surface area contributed by atoms with Crippen molar-refractivity contribution in [2.45, 2.75) is 31.6 Å². The first-order chi connectivity index (χ1) is 11.3. The van der Waals surface area contributed by atoms with Gasteiger partial charge in [-0.05, 0) is 43.9 Å². The van der Waals surface area contributed by atoms with Gasteiger partial charge >= 0.3 is 0 Å². The van der Waals surface area contributed by atoms with E-state index in [9.17, 15) is 26.7 Å². The zero-order valence-corrected chi connectivity index (χ0v) is 16.6. The van der Waals surface area contributed by atoms with Crippen molar-refractivity contribution >= 4 is 31.7 Å². The Hall–Kier alpha value is -1.65. The van der Waals surface area contributed by atoms with Crippen molar-refractivity contribution in [2.24, 2.45) is 0 Å². The summed E-state index contributed by atoms with van der Waals surface area (Å²) in [5, 5.41) is 10.5. The highest BCUT2D eigenvalue weighted by molar-refractivity contribution is 7.92. The van der Waals surface area contributed by atoms with Crippen molar-refractivity contribution in [1.82, 2.24) is 4.31 Å². The van der Waals surface area contributed by atoms with Gasteiger partial charge in [-0.3, -0.25) is 4.31 Å². The predicted octanol–water partition coefficient (Wildman–Crippen LogP) is -0.150. The van der Waals surface area contributed by atoms with Crippen molar-refractivity contribution in [3.05, 3.63) is 23.3 Å². The lowest BCUT2D eigenvalue weighted by atomic mass is 10.1. The summed E-state index contributed by atoms with van der Waals surface area (Å²) in [7, 11) is -4.73. The molecule has 8 nitrogen and oxygen atoms in total. The smallest absolute Gasteiger partial charge is 0.243 e. The summed E-state index contributed by atoms with van der Waals surface area (Å²) < 4.78 is 51.1. The van der Waals surface area contributed by atoms with Crippen LogP contribution in [0, 0.1) is 13.8 Å². The molecule has 0 aliphatic heterocycles. The summed E-state index contributed by atoms with van der Waals surface area (Å²) in [6.07, 6.45) is 0.917. The highest BCUT2D eigenvalue weighted by atomic mass is 32.2. The summed E-state index contributed by atoms with van der Waals surface area (Å²) in [6.45, 7) is 3.34. The van der Waals surface area contributed by atoms with Gasteiger partial charge in [0, 0.05) is 26.6 Å². The highest BCUT2D eigenvalue weighted by Gasteiger charge is 2.25. The number of aryl methyl sites for hydroxylation is 2. The van der Waals surface area contributed by atoms with Crippen molar-refractivity contribution in [2.75, 3.05) is 31.2 Å². The number of carboxylic acid groups (broad SMARTS) is 1. The molecule has 0 bridgehead atoms. The molecule has 0 heterocycles. The molecule has 0 saturated heterocycles. The van der Waals surface area contributed by atoms with Gasteiger partial charge < -0.3 is 9.90 Å². The largest absolute Gasteiger partial charge is 0.550 e. The van der Waals surface area contributed by atoms with E-state index in [-0.39, 0.29) is 30.0 Å². The number of anilines is 1. The molecule has 1 rings (SSSR count). The molecule has 0 saturated carbocycles. The Morgan fingerprint density at radius 2 is 1.64 bits per heavy atom. The third-order valence-electron chi connectivity index (χ3n) is 3.87. The van der Waals surface area contributed by atoms with E-state index in [1.54, 1.807) is 19.9 Å². The summed E-state index contributed by atoms with van der Waals surface area (Å²) >= 11 is 0. The van der Waals surface area contributed by atoms with E-state index < -0.39 is 26.0 Å². The number of sulfonamides is 2. The predicted molar refractivity (Wildman–Crippen MR) is 93.2 cm³/mol. The summed E-state index contributed by atoms with van der Waals surface area (Å²) in [4.78, 5) is 10.4. The minimum atomic E-state index is -3.89. The number of aliphatic carboxylic acids is 1. The Bertz CT molecular complexity index is 862. The molecular weight excluding hydrogens is 368 g/mol. The van der Waals surface area contributed by atoms with Crippen LogP contribution >= 0.6 is 0 Å². The van der Waals surface area contributed by atoms with E-state index in [0.717, 1.165) is 14.9 Å². The van der Waals surface area contributed by atoms with Crippen LogP contribution in [0.5, 0.6) is 0 Å². The van der Waals surface area contributed by atoms with Crippen molar-refractivity contribution in [3.8, 4) is 0 Å². The number of carboxylic acids is 1. The molecule has 0 aliphatic carbocycles. The number of carbonyl (C=O) groups is 1. The Kier molecular flexibility index (Phi) is 6.60. The molecule has 0 aliphatic rings. The molecule has 10 heteroatoms. The zero-order valence-electron chi connectivity index (χ0n) is 14.9. The molecule has 0 radical (unpaired) electrons. The van der Waals surface area contributed by atoms with E-state index in [1.807, 2.05) is 0 Å². The minimum absolute atomic E-state index is 0.0143. The Morgan fingerprint density at radius 1 is 1.08 bits per heavy atom. The number of rotatable bonds is 8. The van der Waals surface area contributed by atoms with E-state index in [1.165, 1.54) is 20.2 Å². The topological polar surface area (TPSA) is 115 Å². The SMILES string of the molecule is Cc1cc(C)c(S(=O)(=O)N(C)CCCC(=O)[O-])cc1N(C)S(C)(=O)=O. The van der Waals surface area contributed by atoms with Gasteiger partial charge in [-0.15, -0.1) is 0 Å². The van der Waals surface area contributed by atoms with Gasteiger partial charge in [-0.2, -0.15) is 0 Å². The van der Waals surface area contributed by atoms with E-state index in [4.69, 9.17) is 0 Å². The normalized spacial score (nSPS) is 12.4. The van der Waals surface area contributed by atoms with Crippen LogP contribution in [0.1, 0.15) is 24.0 Å². The molecule has 0 unspecified atom stereocenters. The molecule has 0 spiro atoms. The molecule has 142 valence electrons. The molecule has 0 N–H and O–H groups in total. The highest BCUT2D eigenvalue weighted by Crippen LogP contribution is 2.29. The fourth-order valence-corrected chi connectivity index (χ4v) is 4.34. The van der Waals surface area contributed by atoms with Crippen LogP contribution < -0.4 is 9.41 Å². The minimum Gasteiger partial charge on any atom is -0.550 e. The van der Waals surface area contributed by atoms with E-state index in [2.05, 4.69) is 0 Å². The zero-order chi connectivity index (χ0) is 19.6. The molecule has 1 aromatic carbocycles. The summed E-state index contributed by atoms with van der Waals surface area (Å²) in [5.41, 5.74) is 1.38. The van der Waals surface area contributed by atoms with Crippen LogP contribution in [0.25, 0.3) is 0 Å². The fourth-order valence-electron chi connectivity index (χ4n) is 2.35. The van der Waals surface area contributed by atoms with Gasteiger partial charge in [-0.25, -0.2) is 21.1 Å². The van der Waals surface area contributed by atoms with Crippen LogP contribution in [0.3, 0.4) is 0 Å². The number of nitrogens with zero attached hydrogens (tertiary/aromatic N) is 2. The van der Waals surface area contributed by atoms with Gasteiger partial charge in [0.25, 0.3) is 0 Å². The number of hydrogen-bond donors (Lipinski definition) is 0. The summed E-state index contributed by atoms with van der Waals surface area (Å²) in [5.74, 6) is -1.24. The Labute approximate surface area is 149 Å². The first-order valence-electron chi connectivity index (χ1n) is 7.49. The standard InChI is InChI=1S/C15H24N2O6S2/c1-11-9-12(2)14(10-13(11)17(4)24(5,20)21)25(22,23)16(3)8-6-7-15(18)19/h9-10H,6-8H2,1-5H3,(H,18,19)/p-1. The lowest BCUT2D eigenvalue weighted by Crippen LogP contribution is -2.31. The average Bonchev–Trinajstić information content (AvgIpc) is 2.44. The van der Waals surface area contributed by atoms with Gasteiger partial charge in [0.1, 0.15) is 0 Å². The van der Waals surface area contributed by atoms with Gasteiger partial charge in [0.05, 0.1) is 16.8 Å². The van der Waals surface area contributed by atoms with E-state index in [0.29, 0.717) is 11.1 Å². The number of benzene rings is 1. The number of hydrogen-bond acceptors (Lipinski definition) is 6. The van der Waals surface area contributed by atoms with Crippen LogP contribution in [0.15, 0.2) is 17.0 Å². The second kappa shape index (κ2) is 7.71. The Balaban J connectivity index is 3.29. The van der Waals surface area contributed by atoms with Crippen LogP contribution in [0.4, 0.5) is 5.69 Å². The quantitative estimate of drug-likeness (QED) is 0.609. The van der Waals surface area contributed by atoms with Gasteiger partial charge in [-0.1, -0.05) is 6.07 Å². The lowest BCUT2D eigenvalue weighted by molar-refractivity contribution is -0.305. The lowest BCUT2D eigenvalue weighted by Gasteiger charge is -2.23. The second-order valence-electron chi connectivity index (χ2n) is 5.94. The third-order valence-corrected chi connectivity index (χ3v) is 7.06. The maximum absolute atomic E-state index is 12.8. The average molecular weight is 391 g/mol. The molecule has 0 aromatic heterocycles. The Morgan fingerprint density at radius 3 is 2.12 bits per heavy atom. The first kappa shape index (κ1) is 21.4. The molecule has 0 atom stereocenters. The second-order valence-corrected chi connectivity index (χ2v) is 9.96. The third kappa shape index (κ3) is 5.16. The maximum Gasteiger partial charge on any atom is 0.243 e. The molecule has 0 amide bonds. The van der Waals surface area contributed by atoms with Crippen molar-refractivity contribution in [1.29, 1.82) is 0 Å². The van der Waals surface area contributed by atoms with Crippen LogP contribution in [-0.4, -0.2) is 54.0 Å². The molecule has 25 heavy (non-hydrogen) atoms.